The number of amides is 4. The summed E-state index contributed by atoms with van der Waals surface area (Å²) in [6.07, 6.45) is -34.3. The van der Waals surface area contributed by atoms with Crippen molar-refractivity contribution in [2.45, 2.75) is 227 Å². The summed E-state index contributed by atoms with van der Waals surface area (Å²) < 4.78 is 207. The van der Waals surface area contributed by atoms with E-state index < -0.39 is 79.7 Å². The highest BCUT2D eigenvalue weighted by Crippen LogP contribution is 2.36. The SMILES string of the molecule is CC.CC.CC.CC.CC.CC.CC.CC.CC(OC(=O)N1CCN(Cc2ccccc2)CC1)C(F)(F)F.CC(OC(=O)N1CCN(Cc2cccnc2)CC1)C(F)(F)F.Cc1cc(CN2CCN(C(=O)OC(C(F)(F)F)C(F)(F)F)CC2)n(C)n1.Cc1nn(C)cc1CN1CCN(C(=O)OC(C)C(F)(F)F)CC1. The van der Waals surface area contributed by atoms with Crippen molar-refractivity contribution in [1.29, 1.82) is 0 Å². The molecule has 21 nitrogen and oxygen atoms in total. The molecule has 0 N–H and O–H groups in total. The highest BCUT2D eigenvalue weighted by atomic mass is 19.4. The Morgan fingerprint density at radius 2 is 0.697 bits per heavy atom. The summed E-state index contributed by atoms with van der Waals surface area (Å²) in [4.78, 5) is 64.0. The number of hydrogen-bond donors (Lipinski definition) is 0. The van der Waals surface area contributed by atoms with Crippen LogP contribution in [0.4, 0.5) is 85.0 Å². The maximum absolute atomic E-state index is 12.5. The van der Waals surface area contributed by atoms with E-state index in [1.807, 2.05) is 191 Å². The predicted molar refractivity (Wildman–Crippen MR) is 393 cm³/mol. The number of alkyl halides is 15. The van der Waals surface area contributed by atoms with Crippen LogP contribution in [0.15, 0.2) is 67.1 Å². The smallest absolute Gasteiger partial charge is 0.434 e. The first-order valence-corrected chi connectivity index (χ1v) is 37.2. The lowest BCUT2D eigenvalue weighted by molar-refractivity contribution is -0.308. The molecule has 0 aliphatic carbocycles. The molecule has 3 atom stereocenters. The van der Waals surface area contributed by atoms with Crippen molar-refractivity contribution >= 4 is 24.4 Å². The van der Waals surface area contributed by atoms with Crippen LogP contribution in [-0.4, -0.2) is 248 Å². The Bertz CT molecular complexity index is 2850. The Kier molecular flexibility index (Phi) is 56.3. The molecule has 0 radical (unpaired) electrons. The summed E-state index contributed by atoms with van der Waals surface area (Å²) in [5.74, 6) is 0. The number of halogens is 15. The van der Waals surface area contributed by atoms with E-state index in [4.69, 9.17) is 0 Å². The maximum atomic E-state index is 12.5. The van der Waals surface area contributed by atoms with E-state index in [-0.39, 0.29) is 13.1 Å². The topological polar surface area (TPSA) is 180 Å². The molecule has 4 fully saturated rings. The van der Waals surface area contributed by atoms with Gasteiger partial charge in [-0.05, 0) is 57.9 Å². The standard InChI is InChI=1S/C15H19F3N2O2.C14H18F6N4O2.C14H21F3N4O2.C14H18F3N3O2.8C2H6/c1-12(15(16,17)18)22-14(21)20-9-7-19(8-10-20)11-13-5-3-2-4-6-13;1-9-7-10(22(2)21-9)8-23-3-5-24(6-4-23)12(25)26-11(13(15,16)17)14(18,19)20;1-10-12(8-19(3)18-10)9-20-4-6-21(7-5-20)13(22)23-11(2)14(15,16)17;1-11(14(15,16)17)22-13(21)20-7-5-19(6-8-20)10-12-3-2-4-18-9-12;8*1-2/h2-6,12H,7-11H2,1H3;7,11H,3-6,8H2,1-2H3;8,11H,4-7,9H2,1-3H3;2-4,9,11H,5-8,10H2,1H3;8*1-2H3. The number of aryl methyl sites for hydroxylation is 4. The zero-order valence-corrected chi connectivity index (χ0v) is 68.1. The van der Waals surface area contributed by atoms with E-state index in [9.17, 15) is 85.0 Å². The summed E-state index contributed by atoms with van der Waals surface area (Å²) in [5.41, 5.74) is 6.03. The monoisotopic (exact) mass is 1600 g/mol. The van der Waals surface area contributed by atoms with Crippen LogP contribution in [0.1, 0.15) is 165 Å². The van der Waals surface area contributed by atoms with Gasteiger partial charge >= 0.3 is 55.3 Å². The van der Waals surface area contributed by atoms with Crippen molar-refractivity contribution in [2.75, 3.05) is 105 Å². The van der Waals surface area contributed by atoms with Gasteiger partial charge in [-0.2, -0.15) is 76.1 Å². The van der Waals surface area contributed by atoms with Gasteiger partial charge < -0.3 is 38.5 Å². The number of pyridine rings is 1. The largest absolute Gasteiger partial charge is 0.437 e. The minimum atomic E-state index is -5.72. The molecular weight excluding hydrogens is 1470 g/mol. The Morgan fingerprint density at radius 3 is 0.972 bits per heavy atom. The number of hydrogen-bond acceptors (Lipinski definition) is 15. The number of aromatic nitrogens is 5. The minimum Gasteiger partial charge on any atom is -0.437 e. The Balaban J connectivity index is -0.000000634. The number of rotatable bonds is 12. The quantitative estimate of drug-likeness (QED) is 0.0965. The van der Waals surface area contributed by atoms with E-state index in [2.05, 4.69) is 48.8 Å². The summed E-state index contributed by atoms with van der Waals surface area (Å²) in [6.45, 7) is 47.2. The lowest BCUT2D eigenvalue weighted by Gasteiger charge is -2.35. The summed E-state index contributed by atoms with van der Waals surface area (Å²) >= 11 is 0. The molecule has 634 valence electrons. The molecule has 0 saturated carbocycles. The van der Waals surface area contributed by atoms with Crippen LogP contribution in [-0.2, 0) is 59.2 Å². The van der Waals surface area contributed by atoms with Crippen LogP contribution in [0.3, 0.4) is 0 Å². The van der Waals surface area contributed by atoms with Gasteiger partial charge in [0.15, 0.2) is 18.3 Å². The van der Waals surface area contributed by atoms with E-state index in [0.29, 0.717) is 111 Å². The molecule has 36 heteroatoms. The van der Waals surface area contributed by atoms with Crippen molar-refractivity contribution in [3.8, 4) is 0 Å². The summed E-state index contributed by atoms with van der Waals surface area (Å²) in [7, 11) is 3.62. The highest BCUT2D eigenvalue weighted by Gasteiger charge is 2.60. The molecule has 8 rings (SSSR count). The van der Waals surface area contributed by atoms with Crippen molar-refractivity contribution in [1.82, 2.24) is 63.7 Å². The van der Waals surface area contributed by atoms with Crippen molar-refractivity contribution in [3.63, 3.8) is 0 Å². The number of carbonyl (C=O) groups excluding carboxylic acids is 4. The summed E-state index contributed by atoms with van der Waals surface area (Å²) in [5, 5.41) is 8.47. The van der Waals surface area contributed by atoms with E-state index in [0.717, 1.165) is 60.4 Å². The van der Waals surface area contributed by atoms with Gasteiger partial charge in [0.25, 0.3) is 6.10 Å². The molecule has 109 heavy (non-hydrogen) atoms. The second-order valence-corrected chi connectivity index (χ2v) is 22.3. The van der Waals surface area contributed by atoms with E-state index >= 15 is 0 Å². The van der Waals surface area contributed by atoms with Crippen molar-refractivity contribution in [3.05, 3.63) is 101 Å². The molecule has 4 saturated heterocycles. The van der Waals surface area contributed by atoms with Gasteiger partial charge in [-0.25, -0.2) is 19.2 Å². The number of benzene rings is 1. The third kappa shape index (κ3) is 43.2. The van der Waals surface area contributed by atoms with Crippen LogP contribution < -0.4 is 0 Å². The average molecular weight is 1600 g/mol. The molecule has 0 bridgehead atoms. The fourth-order valence-electron chi connectivity index (χ4n) is 9.40. The normalized spacial score (nSPS) is 15.6. The predicted octanol–water partition coefficient (Wildman–Crippen LogP) is 17.8. The van der Waals surface area contributed by atoms with Crippen LogP contribution >= 0.6 is 0 Å². The van der Waals surface area contributed by atoms with Gasteiger partial charge in [-0.3, -0.25) is 33.9 Å². The first-order chi connectivity index (χ1) is 51.3. The van der Waals surface area contributed by atoms with Crippen LogP contribution in [0, 0.1) is 13.8 Å². The molecule has 1 aromatic carbocycles. The lowest BCUT2D eigenvalue weighted by Crippen LogP contribution is -2.52. The van der Waals surface area contributed by atoms with Crippen molar-refractivity contribution < 1.29 is 104 Å². The Hall–Kier alpha value is -7.34. The first kappa shape index (κ1) is 108. The highest BCUT2D eigenvalue weighted by molar-refractivity contribution is 5.69. The number of carbonyl (C=O) groups is 4. The van der Waals surface area contributed by atoms with E-state index in [1.54, 1.807) is 28.8 Å². The van der Waals surface area contributed by atoms with Gasteiger partial charge in [0.05, 0.1) is 17.1 Å². The Labute approximate surface area is 636 Å². The third-order valence-corrected chi connectivity index (χ3v) is 14.9. The molecule has 3 unspecified atom stereocenters. The van der Waals surface area contributed by atoms with Gasteiger partial charge in [0, 0.05) is 169 Å². The number of ether oxygens (including phenoxy) is 4. The zero-order valence-electron chi connectivity index (χ0n) is 68.1. The molecular formula is C73H124F15N13O8. The molecule has 4 aliphatic heterocycles. The summed E-state index contributed by atoms with van der Waals surface area (Å²) in [6, 6.07) is 15.6. The lowest BCUT2D eigenvalue weighted by atomic mass is 10.2. The second kappa shape index (κ2) is 56.8. The van der Waals surface area contributed by atoms with Gasteiger partial charge in [0.1, 0.15) is 0 Å². The average Bonchev–Trinajstić information content (AvgIpc) is 1.88. The molecule has 3 aromatic heterocycles. The number of piperazine rings is 4. The fraction of sp³-hybridized carbons (Fsp3) is 0.712. The van der Waals surface area contributed by atoms with Gasteiger partial charge in [-0.15, -0.1) is 0 Å². The number of nitrogens with zero attached hydrogens (tertiary/aromatic N) is 13. The third-order valence-electron chi connectivity index (χ3n) is 14.9. The second-order valence-electron chi connectivity index (χ2n) is 22.3. The minimum absolute atomic E-state index is 0.0297. The molecule has 0 spiro atoms. The van der Waals surface area contributed by atoms with E-state index in [1.165, 1.54) is 20.3 Å². The van der Waals surface area contributed by atoms with Gasteiger partial charge in [-0.1, -0.05) is 147 Å². The molecule has 4 amide bonds. The first-order valence-electron chi connectivity index (χ1n) is 37.2. The molecule has 4 aromatic rings. The Morgan fingerprint density at radius 1 is 0.394 bits per heavy atom. The van der Waals surface area contributed by atoms with Crippen LogP contribution in [0.2, 0.25) is 0 Å². The van der Waals surface area contributed by atoms with Gasteiger partial charge in [0.2, 0.25) is 0 Å². The molecule has 4 aliphatic rings. The molecule has 7 heterocycles. The maximum Gasteiger partial charge on any atom is 0.434 e. The fourth-order valence-corrected chi connectivity index (χ4v) is 9.40. The van der Waals surface area contributed by atoms with Crippen LogP contribution in [0.5, 0.6) is 0 Å². The van der Waals surface area contributed by atoms with Crippen LogP contribution in [0.25, 0.3) is 0 Å². The zero-order chi connectivity index (χ0) is 85.2. The van der Waals surface area contributed by atoms with Crippen molar-refractivity contribution in [2.24, 2.45) is 14.1 Å².